The molecular weight excluding hydrogens is 400 g/mol. The van der Waals surface area contributed by atoms with Crippen molar-refractivity contribution in [1.82, 2.24) is 0 Å². The van der Waals surface area contributed by atoms with E-state index in [4.69, 9.17) is 23.1 Å². The summed E-state index contributed by atoms with van der Waals surface area (Å²) in [5.41, 5.74) is 0. The van der Waals surface area contributed by atoms with E-state index in [9.17, 15) is 0 Å². The second-order valence-electron chi connectivity index (χ2n) is 12.3. The number of rotatable bonds is 5. The van der Waals surface area contributed by atoms with Gasteiger partial charge in [-0.25, -0.2) is 0 Å². The molecule has 0 amide bonds. The lowest BCUT2D eigenvalue weighted by Gasteiger charge is -2.47. The minimum Gasteiger partial charge on any atom is -0.414 e. The van der Waals surface area contributed by atoms with Crippen LogP contribution in [0.25, 0.3) is 0 Å². The molecule has 3 saturated heterocycles. The summed E-state index contributed by atoms with van der Waals surface area (Å²) in [5, 5.41) is 0.342. The van der Waals surface area contributed by atoms with Gasteiger partial charge in [0.2, 0.25) is 0 Å². The summed E-state index contributed by atoms with van der Waals surface area (Å²) >= 11 is 0. The van der Waals surface area contributed by atoms with E-state index in [0.717, 1.165) is 12.8 Å². The fourth-order valence-corrected chi connectivity index (χ4v) is 6.00. The van der Waals surface area contributed by atoms with E-state index in [1.807, 2.05) is 0 Å². The van der Waals surface area contributed by atoms with Gasteiger partial charge in [0, 0.05) is 12.8 Å². The first-order chi connectivity index (χ1) is 13.1. The van der Waals surface area contributed by atoms with Crippen molar-refractivity contribution in [2.24, 2.45) is 0 Å². The molecule has 3 aliphatic rings. The third-order valence-corrected chi connectivity index (χ3v) is 16.9. The van der Waals surface area contributed by atoms with Crippen LogP contribution in [0.1, 0.15) is 54.4 Å². The first-order valence-corrected chi connectivity index (χ1v) is 17.2. The molecule has 0 aliphatic carbocycles. The third kappa shape index (κ3) is 5.36. The Labute approximate surface area is 180 Å². The Morgan fingerprint density at radius 3 is 1.93 bits per heavy atom. The Morgan fingerprint density at radius 2 is 1.34 bits per heavy atom. The number of hydrogen-bond donors (Lipinski definition) is 0. The van der Waals surface area contributed by atoms with Crippen LogP contribution in [-0.2, 0) is 23.1 Å². The second kappa shape index (κ2) is 7.98. The van der Waals surface area contributed by atoms with E-state index >= 15 is 0 Å². The lowest BCUT2D eigenvalue weighted by molar-refractivity contribution is -0.189. The van der Waals surface area contributed by atoms with Gasteiger partial charge in [-0.1, -0.05) is 41.5 Å². The molecule has 3 aliphatic heterocycles. The predicted octanol–water partition coefficient (Wildman–Crippen LogP) is 5.11. The monoisotopic (exact) mass is 444 g/mol. The quantitative estimate of drug-likeness (QED) is 0.435. The van der Waals surface area contributed by atoms with Crippen molar-refractivity contribution in [1.29, 1.82) is 0 Å². The van der Waals surface area contributed by atoms with Gasteiger partial charge in [0.25, 0.3) is 0 Å². The average molecular weight is 445 g/mol. The molecule has 0 radical (unpaired) electrons. The summed E-state index contributed by atoms with van der Waals surface area (Å²) in [6, 6.07) is 0. The number of ether oxygens (including phenoxy) is 3. The van der Waals surface area contributed by atoms with Gasteiger partial charge in [-0.05, 0) is 36.3 Å². The van der Waals surface area contributed by atoms with Crippen LogP contribution in [-0.4, -0.2) is 66.5 Å². The van der Waals surface area contributed by atoms with E-state index in [2.05, 4.69) is 67.7 Å². The Kier molecular flexibility index (Phi) is 6.57. The molecule has 3 heterocycles. The molecule has 0 saturated carbocycles. The Balaban J connectivity index is 1.74. The lowest BCUT2D eigenvalue weighted by atomic mass is 9.96. The molecule has 170 valence electrons. The zero-order valence-corrected chi connectivity index (χ0v) is 22.3. The van der Waals surface area contributed by atoms with Crippen LogP contribution >= 0.6 is 0 Å². The van der Waals surface area contributed by atoms with Gasteiger partial charge in [-0.2, -0.15) is 0 Å². The van der Waals surface area contributed by atoms with Crippen molar-refractivity contribution in [2.75, 3.05) is 13.2 Å². The van der Waals surface area contributed by atoms with Gasteiger partial charge < -0.3 is 23.1 Å². The van der Waals surface area contributed by atoms with Crippen LogP contribution in [0.15, 0.2) is 0 Å². The van der Waals surface area contributed by atoms with E-state index in [-0.39, 0.29) is 40.6 Å². The van der Waals surface area contributed by atoms with Crippen molar-refractivity contribution in [2.45, 2.75) is 127 Å². The smallest absolute Gasteiger partial charge is 0.192 e. The van der Waals surface area contributed by atoms with Crippen LogP contribution < -0.4 is 0 Å². The molecule has 5 nitrogen and oxygen atoms in total. The number of epoxide rings is 1. The van der Waals surface area contributed by atoms with Crippen molar-refractivity contribution in [3.05, 3.63) is 0 Å². The van der Waals surface area contributed by atoms with Gasteiger partial charge in [0.1, 0.15) is 12.2 Å². The molecule has 0 spiro atoms. The third-order valence-electron chi connectivity index (χ3n) is 7.94. The summed E-state index contributed by atoms with van der Waals surface area (Å²) in [4.78, 5) is 0. The Morgan fingerprint density at radius 1 is 0.759 bits per heavy atom. The molecule has 7 heteroatoms. The highest BCUT2D eigenvalue weighted by Crippen LogP contribution is 2.43. The largest absolute Gasteiger partial charge is 0.414 e. The fourth-order valence-electron chi connectivity index (χ4n) is 3.63. The summed E-state index contributed by atoms with van der Waals surface area (Å²) in [6.07, 6.45) is 2.57. The van der Waals surface area contributed by atoms with Gasteiger partial charge in [-0.3, -0.25) is 0 Å². The van der Waals surface area contributed by atoms with Gasteiger partial charge in [-0.15, -0.1) is 0 Å². The fraction of sp³-hybridized carbons (Fsp3) is 1.00. The maximum atomic E-state index is 6.87. The van der Waals surface area contributed by atoms with E-state index < -0.39 is 16.6 Å². The van der Waals surface area contributed by atoms with Gasteiger partial charge in [0.05, 0.1) is 37.6 Å². The molecule has 6 atom stereocenters. The first kappa shape index (κ1) is 23.9. The molecule has 3 rings (SSSR count). The van der Waals surface area contributed by atoms with E-state index in [1.54, 1.807) is 0 Å². The average Bonchev–Trinajstić information content (AvgIpc) is 3.29. The van der Waals surface area contributed by atoms with E-state index in [1.165, 1.54) is 0 Å². The number of hydrogen-bond acceptors (Lipinski definition) is 5. The minimum absolute atomic E-state index is 0.0252. The Bertz CT molecular complexity index is 581. The normalized spacial score (nSPS) is 36.2. The van der Waals surface area contributed by atoms with Crippen molar-refractivity contribution >= 4 is 16.6 Å². The summed E-state index contributed by atoms with van der Waals surface area (Å²) in [7, 11) is -3.78. The summed E-state index contributed by atoms with van der Waals surface area (Å²) in [6.45, 7) is 24.3. The van der Waals surface area contributed by atoms with Crippen molar-refractivity contribution in [3.8, 4) is 0 Å². The highest BCUT2D eigenvalue weighted by molar-refractivity contribution is 6.74. The highest BCUT2D eigenvalue weighted by atomic mass is 28.4. The Hall–Kier alpha value is 0.234. The topological polar surface area (TPSA) is 49.5 Å². The minimum atomic E-state index is -1.92. The zero-order chi connectivity index (χ0) is 21.8. The number of fused-ring (bicyclic) bond motifs is 2. The molecule has 0 aromatic heterocycles. The molecule has 0 bridgehead atoms. The second-order valence-corrected chi connectivity index (χ2v) is 21.8. The van der Waals surface area contributed by atoms with Crippen LogP contribution in [0.3, 0.4) is 0 Å². The SMILES string of the molecule is CC(C)(C)[Si](C)(C)OC[C@H]1O[C@H]2C[C@@H]3O[C@@H]3CO[C@@H]2C[C@@H]1O[Si](C)(C)C(C)(C)C. The summed E-state index contributed by atoms with van der Waals surface area (Å²) < 4.78 is 32.0. The summed E-state index contributed by atoms with van der Waals surface area (Å²) in [5.74, 6) is 0. The first-order valence-electron chi connectivity index (χ1n) is 11.3. The molecule has 0 N–H and O–H groups in total. The molecule has 29 heavy (non-hydrogen) atoms. The van der Waals surface area contributed by atoms with Crippen LogP contribution in [0.4, 0.5) is 0 Å². The maximum Gasteiger partial charge on any atom is 0.192 e. The zero-order valence-electron chi connectivity index (χ0n) is 20.3. The van der Waals surface area contributed by atoms with Gasteiger partial charge in [0.15, 0.2) is 16.6 Å². The van der Waals surface area contributed by atoms with Gasteiger partial charge >= 0.3 is 0 Å². The predicted molar refractivity (Wildman–Crippen MR) is 122 cm³/mol. The maximum absolute atomic E-state index is 6.87. The van der Waals surface area contributed by atoms with Crippen LogP contribution in [0.2, 0.25) is 36.3 Å². The van der Waals surface area contributed by atoms with Crippen LogP contribution in [0.5, 0.6) is 0 Å². The molecular formula is C22H44O5Si2. The standard InChI is InChI=1S/C22H44O5Si2/c1-21(2,3)28(7,8)24-14-20-18(27-29(9,10)22(4,5)6)11-15-16(25-20)12-17-19(26-17)13-23-15/h15-20H,11-14H2,1-10H3/t15-,16+,17+,18+,19-,20-/m1/s1. The molecule has 0 aromatic carbocycles. The van der Waals surface area contributed by atoms with Crippen molar-refractivity contribution < 1.29 is 23.1 Å². The molecule has 0 aromatic rings. The highest BCUT2D eigenvalue weighted by Gasteiger charge is 2.52. The van der Waals surface area contributed by atoms with E-state index in [0.29, 0.717) is 19.3 Å². The lowest BCUT2D eigenvalue weighted by Crippen LogP contribution is -2.56. The van der Waals surface area contributed by atoms with Crippen molar-refractivity contribution in [3.63, 3.8) is 0 Å². The van der Waals surface area contributed by atoms with Crippen LogP contribution in [0, 0.1) is 0 Å². The molecule has 3 fully saturated rings. The molecule has 0 unspecified atom stereocenters.